The summed E-state index contributed by atoms with van der Waals surface area (Å²) in [5, 5.41) is 14.1. The number of nitrogens with one attached hydrogen (secondary N) is 1. The molecule has 128 valence electrons. The number of nitro groups is 1. The zero-order valence-electron chi connectivity index (χ0n) is 13.0. The monoisotopic (exact) mass is 359 g/mol. The molecule has 2 amide bonds. The smallest absolute Gasteiger partial charge is 0.270 e. The van der Waals surface area contributed by atoms with Gasteiger partial charge in [-0.25, -0.2) is 0 Å². The van der Waals surface area contributed by atoms with Crippen LogP contribution in [0.3, 0.4) is 0 Å². The Morgan fingerprint density at radius 3 is 2.64 bits per heavy atom. The second-order valence-electron chi connectivity index (χ2n) is 5.66. The number of non-ortho nitro benzene ring substituents is 1. The molecule has 25 heavy (non-hydrogen) atoms. The van der Waals surface area contributed by atoms with Crippen LogP contribution < -0.4 is 10.2 Å². The quantitative estimate of drug-likeness (QED) is 0.671. The molecule has 1 aliphatic rings. The van der Waals surface area contributed by atoms with E-state index in [0.29, 0.717) is 17.3 Å². The van der Waals surface area contributed by atoms with Gasteiger partial charge in [0.1, 0.15) is 0 Å². The molecule has 0 aliphatic carbocycles. The van der Waals surface area contributed by atoms with Gasteiger partial charge in [0, 0.05) is 41.4 Å². The molecule has 0 saturated carbocycles. The van der Waals surface area contributed by atoms with Gasteiger partial charge in [-0.1, -0.05) is 17.7 Å². The number of hydrogen-bond donors (Lipinski definition) is 1. The van der Waals surface area contributed by atoms with E-state index in [1.807, 2.05) is 0 Å². The third-order valence-electron chi connectivity index (χ3n) is 3.92. The van der Waals surface area contributed by atoms with E-state index in [1.165, 1.54) is 24.3 Å². The third-order valence-corrected chi connectivity index (χ3v) is 4.17. The first kappa shape index (κ1) is 16.9. The third kappa shape index (κ3) is 3.77. The van der Waals surface area contributed by atoms with Crippen molar-refractivity contribution in [1.29, 1.82) is 0 Å². The lowest BCUT2D eigenvalue weighted by Crippen LogP contribution is -2.37. The summed E-state index contributed by atoms with van der Waals surface area (Å²) < 4.78 is 0. The van der Waals surface area contributed by atoms with Crippen LogP contribution >= 0.6 is 11.6 Å². The molecule has 1 heterocycles. The molecule has 0 aromatic heterocycles. The highest BCUT2D eigenvalue weighted by Gasteiger charge is 2.31. The summed E-state index contributed by atoms with van der Waals surface area (Å²) >= 11 is 5.85. The van der Waals surface area contributed by atoms with E-state index in [9.17, 15) is 19.7 Å². The molecule has 8 heteroatoms. The molecular weight excluding hydrogens is 346 g/mol. The van der Waals surface area contributed by atoms with Crippen LogP contribution in [0.15, 0.2) is 48.5 Å². The minimum atomic E-state index is -0.557. The molecule has 1 N–H and O–H groups in total. The first-order chi connectivity index (χ1) is 11.9. The fourth-order valence-electron chi connectivity index (χ4n) is 2.70. The fraction of sp³-hybridized carbons (Fsp3) is 0.176. The van der Waals surface area contributed by atoms with E-state index in [-0.39, 0.29) is 29.6 Å². The number of nitro benzene ring substituents is 1. The van der Waals surface area contributed by atoms with Crippen molar-refractivity contribution in [2.24, 2.45) is 0 Å². The van der Waals surface area contributed by atoms with Crippen LogP contribution in [0.2, 0.25) is 5.02 Å². The van der Waals surface area contributed by atoms with Gasteiger partial charge in [0.25, 0.3) is 11.6 Å². The lowest BCUT2D eigenvalue weighted by Gasteiger charge is -2.17. The van der Waals surface area contributed by atoms with Crippen LogP contribution in [0.5, 0.6) is 0 Å². The van der Waals surface area contributed by atoms with Crippen molar-refractivity contribution in [2.75, 3.05) is 11.4 Å². The molecule has 2 aromatic carbocycles. The standard InChI is InChI=1S/C17H14ClN3O4/c18-12-4-6-14(7-5-12)20-10-13(9-16(20)22)19-17(23)11-2-1-3-15(8-11)21(24)25/h1-8,13H,9-10H2,(H,19,23)/t13-/m0/s1. The topological polar surface area (TPSA) is 92.6 Å². The lowest BCUT2D eigenvalue weighted by molar-refractivity contribution is -0.384. The van der Waals surface area contributed by atoms with Gasteiger partial charge < -0.3 is 10.2 Å². The van der Waals surface area contributed by atoms with Gasteiger partial charge in [-0.15, -0.1) is 0 Å². The van der Waals surface area contributed by atoms with E-state index in [2.05, 4.69) is 5.32 Å². The van der Waals surface area contributed by atoms with Gasteiger partial charge in [-0.05, 0) is 30.3 Å². The maximum absolute atomic E-state index is 12.3. The van der Waals surface area contributed by atoms with Crippen molar-refractivity contribution in [3.63, 3.8) is 0 Å². The van der Waals surface area contributed by atoms with E-state index in [4.69, 9.17) is 11.6 Å². The SMILES string of the molecule is O=C(N[C@H]1CC(=O)N(c2ccc(Cl)cc2)C1)c1cccc([N+](=O)[O-])c1. The zero-order chi connectivity index (χ0) is 18.0. The zero-order valence-corrected chi connectivity index (χ0v) is 13.8. The second-order valence-corrected chi connectivity index (χ2v) is 6.10. The highest BCUT2D eigenvalue weighted by atomic mass is 35.5. The molecule has 0 unspecified atom stereocenters. The van der Waals surface area contributed by atoms with Crippen LogP contribution in [-0.2, 0) is 4.79 Å². The molecule has 7 nitrogen and oxygen atoms in total. The fourth-order valence-corrected chi connectivity index (χ4v) is 2.83. The largest absolute Gasteiger partial charge is 0.347 e. The lowest BCUT2D eigenvalue weighted by atomic mass is 10.1. The van der Waals surface area contributed by atoms with Crippen LogP contribution in [0, 0.1) is 10.1 Å². The highest BCUT2D eigenvalue weighted by Crippen LogP contribution is 2.23. The Balaban J connectivity index is 1.69. The predicted molar refractivity (Wildman–Crippen MR) is 92.8 cm³/mol. The molecule has 0 spiro atoms. The number of rotatable bonds is 4. The Morgan fingerprint density at radius 2 is 1.96 bits per heavy atom. The highest BCUT2D eigenvalue weighted by molar-refractivity contribution is 6.30. The van der Waals surface area contributed by atoms with Crippen molar-refractivity contribution in [2.45, 2.75) is 12.5 Å². The molecule has 0 bridgehead atoms. The summed E-state index contributed by atoms with van der Waals surface area (Å²) in [6, 6.07) is 12.0. The van der Waals surface area contributed by atoms with Crippen molar-refractivity contribution >= 4 is 34.8 Å². The molecule has 1 fully saturated rings. The van der Waals surface area contributed by atoms with Gasteiger partial charge in [0.15, 0.2) is 0 Å². The van der Waals surface area contributed by atoms with Gasteiger partial charge in [-0.3, -0.25) is 19.7 Å². The Bertz CT molecular complexity index is 838. The van der Waals surface area contributed by atoms with Gasteiger partial charge in [0.2, 0.25) is 5.91 Å². The normalized spacial score (nSPS) is 16.8. The molecule has 1 aliphatic heterocycles. The summed E-state index contributed by atoms with van der Waals surface area (Å²) in [5.74, 6) is -0.550. The molecule has 1 saturated heterocycles. The maximum atomic E-state index is 12.3. The molecule has 0 radical (unpaired) electrons. The Kier molecular flexibility index (Phi) is 4.67. The van der Waals surface area contributed by atoms with Crippen molar-refractivity contribution in [3.8, 4) is 0 Å². The van der Waals surface area contributed by atoms with Crippen molar-refractivity contribution in [1.82, 2.24) is 5.32 Å². The van der Waals surface area contributed by atoms with Crippen LogP contribution in [0.1, 0.15) is 16.8 Å². The number of anilines is 1. The molecule has 1 atom stereocenters. The van der Waals surface area contributed by atoms with E-state index in [1.54, 1.807) is 29.2 Å². The first-order valence-electron chi connectivity index (χ1n) is 7.55. The number of halogens is 1. The van der Waals surface area contributed by atoms with E-state index in [0.717, 1.165) is 0 Å². The summed E-state index contributed by atoms with van der Waals surface area (Å²) in [6.07, 6.45) is 0.170. The summed E-state index contributed by atoms with van der Waals surface area (Å²) in [7, 11) is 0. The van der Waals surface area contributed by atoms with E-state index >= 15 is 0 Å². The predicted octanol–water partition coefficient (Wildman–Crippen LogP) is 2.78. The Morgan fingerprint density at radius 1 is 1.24 bits per heavy atom. The van der Waals surface area contributed by atoms with Gasteiger partial charge in [0.05, 0.1) is 11.0 Å². The minimum Gasteiger partial charge on any atom is -0.347 e. The van der Waals surface area contributed by atoms with Gasteiger partial charge in [-0.2, -0.15) is 0 Å². The Labute approximate surface area is 148 Å². The van der Waals surface area contributed by atoms with E-state index < -0.39 is 10.8 Å². The molecular formula is C17H14ClN3O4. The molecule has 2 aromatic rings. The van der Waals surface area contributed by atoms with Crippen LogP contribution in [-0.4, -0.2) is 29.3 Å². The minimum absolute atomic E-state index is 0.105. The van der Waals surface area contributed by atoms with Gasteiger partial charge >= 0.3 is 0 Å². The number of amides is 2. The molecule has 3 rings (SSSR count). The summed E-state index contributed by atoms with van der Waals surface area (Å²) in [4.78, 5) is 36.3. The number of hydrogen-bond acceptors (Lipinski definition) is 4. The number of nitrogens with zero attached hydrogens (tertiary/aromatic N) is 2. The number of carbonyl (C=O) groups excluding carboxylic acids is 2. The van der Waals surface area contributed by atoms with Crippen LogP contribution in [0.4, 0.5) is 11.4 Å². The van der Waals surface area contributed by atoms with Crippen LogP contribution in [0.25, 0.3) is 0 Å². The summed E-state index contributed by atoms with van der Waals surface area (Å²) in [6.45, 7) is 0.334. The van der Waals surface area contributed by atoms with Crippen molar-refractivity contribution in [3.05, 3.63) is 69.2 Å². The maximum Gasteiger partial charge on any atom is 0.270 e. The number of benzene rings is 2. The average Bonchev–Trinajstić information content (AvgIpc) is 2.96. The Hall–Kier alpha value is -2.93. The first-order valence-corrected chi connectivity index (χ1v) is 7.93. The van der Waals surface area contributed by atoms with Crippen molar-refractivity contribution < 1.29 is 14.5 Å². The summed E-state index contributed by atoms with van der Waals surface area (Å²) in [5.41, 5.74) is 0.742. The average molecular weight is 360 g/mol. The second kappa shape index (κ2) is 6.90. The number of carbonyl (C=O) groups is 2.